The second kappa shape index (κ2) is 9.48. The number of aromatic nitrogens is 4. The van der Waals surface area contributed by atoms with Gasteiger partial charge in [-0.25, -0.2) is 4.68 Å². The molecule has 1 aliphatic rings. The molecular formula is C18H24BN7O4. The van der Waals surface area contributed by atoms with E-state index in [4.69, 9.17) is 16.1 Å². The van der Waals surface area contributed by atoms with Gasteiger partial charge in [-0.3, -0.25) is 14.6 Å². The maximum atomic E-state index is 12.6. The Hall–Kier alpha value is -3.28. The summed E-state index contributed by atoms with van der Waals surface area (Å²) in [5.74, 6) is 0.182. The van der Waals surface area contributed by atoms with Crippen molar-refractivity contribution in [1.29, 1.82) is 0 Å². The van der Waals surface area contributed by atoms with Crippen molar-refractivity contribution in [2.75, 3.05) is 6.54 Å². The molecule has 30 heavy (non-hydrogen) atoms. The van der Waals surface area contributed by atoms with Crippen LogP contribution in [0.2, 0.25) is 5.82 Å². The van der Waals surface area contributed by atoms with Crippen molar-refractivity contribution < 1.29 is 19.3 Å². The molecule has 5 N–H and O–H groups in total. The first-order valence-corrected chi connectivity index (χ1v) is 9.64. The van der Waals surface area contributed by atoms with E-state index in [1.807, 2.05) is 6.07 Å². The van der Waals surface area contributed by atoms with Crippen molar-refractivity contribution in [3.05, 3.63) is 35.2 Å². The summed E-state index contributed by atoms with van der Waals surface area (Å²) in [6.45, 7) is 2.36. The lowest BCUT2D eigenvalue weighted by Crippen LogP contribution is -2.36. The van der Waals surface area contributed by atoms with Gasteiger partial charge in [0.25, 0.3) is 0 Å². The molecule has 158 valence electrons. The Bertz CT molecular complexity index is 958. The molecule has 1 atom stereocenters. The van der Waals surface area contributed by atoms with Crippen LogP contribution in [0.5, 0.6) is 5.75 Å². The van der Waals surface area contributed by atoms with Crippen LogP contribution in [0.1, 0.15) is 41.5 Å². The standard InChI is InChI=1S/C18H24BN7O4/c1-11(27)15-5-2-4-12-8-13(19(29)30-17(12)15)9-14(28)10-16-23-24-25-26(16)7-3-6-22-18(20)21/h2,4-5,13,29H,3,6-10H2,1H3,(H4,20,21,22)/t13-/m1/s1. The van der Waals surface area contributed by atoms with Gasteiger partial charge in [0.1, 0.15) is 11.5 Å². The molecule has 0 radical (unpaired) electrons. The zero-order chi connectivity index (χ0) is 21.7. The second-order valence-corrected chi connectivity index (χ2v) is 7.22. The molecule has 2 aromatic rings. The highest BCUT2D eigenvalue weighted by Crippen LogP contribution is 2.36. The maximum absolute atomic E-state index is 12.6. The number of Topliss-reactive ketones (excluding diaryl/α,β-unsaturated/α-hetero) is 2. The Balaban J connectivity index is 1.60. The van der Waals surface area contributed by atoms with Crippen LogP contribution >= 0.6 is 0 Å². The Kier molecular flexibility index (Phi) is 6.77. The molecule has 0 aliphatic carbocycles. The van der Waals surface area contributed by atoms with Crippen molar-refractivity contribution in [3.8, 4) is 5.75 Å². The van der Waals surface area contributed by atoms with Crippen LogP contribution in [0.4, 0.5) is 0 Å². The predicted octanol–water partition coefficient (Wildman–Crippen LogP) is -0.473. The zero-order valence-electron chi connectivity index (χ0n) is 16.7. The number of benzene rings is 1. The zero-order valence-corrected chi connectivity index (χ0v) is 16.7. The van der Waals surface area contributed by atoms with Gasteiger partial charge >= 0.3 is 7.12 Å². The Morgan fingerprint density at radius 3 is 2.93 bits per heavy atom. The smallest absolute Gasteiger partial charge is 0.526 e. The lowest BCUT2D eigenvalue weighted by atomic mass is 9.64. The third-order valence-corrected chi connectivity index (χ3v) is 4.87. The van der Waals surface area contributed by atoms with Gasteiger partial charge in [-0.15, -0.1) is 5.10 Å². The normalized spacial score (nSPS) is 15.3. The van der Waals surface area contributed by atoms with Gasteiger partial charge in [0.15, 0.2) is 17.6 Å². The number of aryl methyl sites for hydroxylation is 1. The van der Waals surface area contributed by atoms with Crippen molar-refractivity contribution in [3.63, 3.8) is 0 Å². The van der Waals surface area contributed by atoms with Crippen molar-refractivity contribution in [2.24, 2.45) is 16.5 Å². The maximum Gasteiger partial charge on any atom is 0.526 e. The Labute approximate surface area is 173 Å². The molecule has 2 heterocycles. The molecule has 0 saturated heterocycles. The predicted molar refractivity (Wildman–Crippen MR) is 109 cm³/mol. The first-order chi connectivity index (χ1) is 14.3. The lowest BCUT2D eigenvalue weighted by molar-refractivity contribution is -0.118. The van der Waals surface area contributed by atoms with E-state index in [2.05, 4.69) is 20.5 Å². The first kappa shape index (κ1) is 21.4. The van der Waals surface area contributed by atoms with Gasteiger partial charge in [0, 0.05) is 25.3 Å². The number of hydrogen-bond donors (Lipinski definition) is 3. The molecule has 11 nitrogen and oxygen atoms in total. The van der Waals surface area contributed by atoms with E-state index in [0.29, 0.717) is 43.1 Å². The third kappa shape index (κ3) is 5.20. The number of ketones is 2. The number of nitrogens with two attached hydrogens (primary N) is 2. The summed E-state index contributed by atoms with van der Waals surface area (Å²) in [5, 5.41) is 21.8. The highest BCUT2D eigenvalue weighted by molar-refractivity contribution is 6.47. The first-order valence-electron chi connectivity index (χ1n) is 9.64. The molecule has 0 bridgehead atoms. The molecule has 1 aromatic carbocycles. The molecular weight excluding hydrogens is 389 g/mol. The number of tetrazole rings is 1. The fourth-order valence-electron chi connectivity index (χ4n) is 3.43. The van der Waals surface area contributed by atoms with Gasteiger partial charge in [0.05, 0.1) is 12.0 Å². The summed E-state index contributed by atoms with van der Waals surface area (Å²) < 4.78 is 7.13. The molecule has 0 fully saturated rings. The molecule has 0 unspecified atom stereocenters. The lowest BCUT2D eigenvalue weighted by Gasteiger charge is -2.28. The SMILES string of the molecule is CC(=O)c1cccc2c1OB(O)[C@@H](CC(=O)Cc1nnnn1CCCN=C(N)N)C2. The van der Waals surface area contributed by atoms with Crippen LogP contribution < -0.4 is 16.1 Å². The summed E-state index contributed by atoms with van der Waals surface area (Å²) in [7, 11) is -1.17. The molecule has 0 amide bonds. The number of guanidine groups is 1. The summed E-state index contributed by atoms with van der Waals surface area (Å²) >= 11 is 0. The van der Waals surface area contributed by atoms with Crippen molar-refractivity contribution in [1.82, 2.24) is 20.2 Å². The van der Waals surface area contributed by atoms with Crippen LogP contribution in [-0.4, -0.2) is 56.4 Å². The highest BCUT2D eigenvalue weighted by Gasteiger charge is 2.37. The van der Waals surface area contributed by atoms with E-state index in [9.17, 15) is 14.6 Å². The number of rotatable bonds is 9. The van der Waals surface area contributed by atoms with Crippen molar-refractivity contribution >= 4 is 24.6 Å². The van der Waals surface area contributed by atoms with E-state index >= 15 is 0 Å². The van der Waals surface area contributed by atoms with E-state index in [1.54, 1.807) is 16.8 Å². The molecule has 3 rings (SSSR count). The van der Waals surface area contributed by atoms with Crippen LogP contribution in [-0.2, 0) is 24.2 Å². The molecule has 0 spiro atoms. The quantitative estimate of drug-likeness (QED) is 0.161. The molecule has 12 heteroatoms. The molecule has 1 aliphatic heterocycles. The number of aliphatic imine (C=N–C) groups is 1. The largest absolute Gasteiger partial charge is 0.535 e. The fraction of sp³-hybridized carbons (Fsp3) is 0.444. The second-order valence-electron chi connectivity index (χ2n) is 7.22. The van der Waals surface area contributed by atoms with Gasteiger partial charge in [-0.05, 0) is 41.8 Å². The van der Waals surface area contributed by atoms with Crippen LogP contribution in [0.15, 0.2) is 23.2 Å². The topological polar surface area (TPSA) is 172 Å². The number of hydrogen-bond acceptors (Lipinski definition) is 8. The number of nitrogens with zero attached hydrogens (tertiary/aromatic N) is 5. The van der Waals surface area contributed by atoms with Crippen LogP contribution in [0, 0.1) is 0 Å². The number of fused-ring (bicyclic) bond motifs is 1. The van der Waals surface area contributed by atoms with Gasteiger partial charge < -0.3 is 21.1 Å². The summed E-state index contributed by atoms with van der Waals surface area (Å²) in [4.78, 5) is 28.3. The highest BCUT2D eigenvalue weighted by atomic mass is 16.5. The fourth-order valence-corrected chi connectivity index (χ4v) is 3.43. The van der Waals surface area contributed by atoms with Gasteiger partial charge in [-0.1, -0.05) is 12.1 Å². The monoisotopic (exact) mass is 413 g/mol. The molecule has 0 saturated carbocycles. The minimum atomic E-state index is -1.17. The average Bonchev–Trinajstić information content (AvgIpc) is 3.11. The van der Waals surface area contributed by atoms with E-state index in [-0.39, 0.29) is 30.4 Å². The average molecular weight is 413 g/mol. The summed E-state index contributed by atoms with van der Waals surface area (Å²) in [5.41, 5.74) is 11.8. The third-order valence-electron chi connectivity index (χ3n) is 4.87. The van der Waals surface area contributed by atoms with E-state index in [0.717, 1.165) is 5.56 Å². The minimum Gasteiger partial charge on any atom is -0.535 e. The summed E-state index contributed by atoms with van der Waals surface area (Å²) in [6.07, 6.45) is 1.20. The van der Waals surface area contributed by atoms with Crippen LogP contribution in [0.25, 0.3) is 0 Å². The van der Waals surface area contributed by atoms with Gasteiger partial charge in [0.2, 0.25) is 0 Å². The Morgan fingerprint density at radius 1 is 1.40 bits per heavy atom. The van der Waals surface area contributed by atoms with E-state index < -0.39 is 12.9 Å². The minimum absolute atomic E-state index is 0.0207. The van der Waals surface area contributed by atoms with Crippen molar-refractivity contribution in [2.45, 2.75) is 45.0 Å². The van der Waals surface area contributed by atoms with Gasteiger partial charge in [-0.2, -0.15) is 0 Å². The van der Waals surface area contributed by atoms with Crippen LogP contribution in [0.3, 0.4) is 0 Å². The molecule has 1 aromatic heterocycles. The number of carbonyl (C=O) groups is 2. The number of carbonyl (C=O) groups excluding carboxylic acids is 2. The number of para-hydroxylation sites is 1. The van der Waals surface area contributed by atoms with E-state index in [1.165, 1.54) is 6.92 Å². The Morgan fingerprint density at radius 2 is 2.20 bits per heavy atom. The summed E-state index contributed by atoms with van der Waals surface area (Å²) in [6, 6.07) is 5.26.